The highest BCUT2D eigenvalue weighted by Crippen LogP contribution is 2.18. The van der Waals surface area contributed by atoms with Gasteiger partial charge in [0.25, 0.3) is 0 Å². The zero-order valence-electron chi connectivity index (χ0n) is 11.1. The van der Waals surface area contributed by atoms with Crippen LogP contribution in [-0.2, 0) is 0 Å². The lowest BCUT2D eigenvalue weighted by Crippen LogP contribution is -2.06. The minimum Gasteiger partial charge on any atom is -0.384 e. The summed E-state index contributed by atoms with van der Waals surface area (Å²) in [6.07, 6.45) is 4.87. The average molecular weight is 240 g/mol. The van der Waals surface area contributed by atoms with E-state index >= 15 is 0 Å². The molecular weight excluding hydrogens is 220 g/mol. The quantitative estimate of drug-likeness (QED) is 0.854. The fourth-order valence-electron chi connectivity index (χ4n) is 2.03. The molecule has 94 valence electrons. The van der Waals surface area contributed by atoms with Gasteiger partial charge in [-0.15, -0.1) is 0 Å². The molecule has 1 unspecified atom stereocenters. The van der Waals surface area contributed by atoms with E-state index in [1.165, 1.54) is 11.1 Å². The molecule has 2 nitrogen and oxygen atoms in total. The van der Waals surface area contributed by atoms with Crippen molar-refractivity contribution in [2.45, 2.75) is 26.2 Å². The monoisotopic (exact) mass is 240 g/mol. The second kappa shape index (κ2) is 6.20. The molecule has 2 rings (SSSR count). The molecule has 0 radical (unpaired) electrons. The smallest absolute Gasteiger partial charge is 0.0529 e. The van der Waals surface area contributed by atoms with Gasteiger partial charge in [0.2, 0.25) is 0 Å². The fraction of sp³-hybridized carbons (Fsp3) is 0.312. The van der Waals surface area contributed by atoms with Crippen LogP contribution in [0.1, 0.15) is 30.4 Å². The van der Waals surface area contributed by atoms with Crippen molar-refractivity contribution in [3.8, 4) is 0 Å². The second-order valence-electron chi connectivity index (χ2n) is 4.78. The maximum absolute atomic E-state index is 4.18. The molecular formula is C16H20N2. The molecule has 0 saturated carbocycles. The Balaban J connectivity index is 1.82. The number of rotatable bonds is 5. The van der Waals surface area contributed by atoms with E-state index in [9.17, 15) is 0 Å². The van der Waals surface area contributed by atoms with Crippen molar-refractivity contribution in [1.82, 2.24) is 4.98 Å². The predicted octanol–water partition coefficient (Wildman–Crippen LogP) is 4.00. The molecule has 2 aromatic rings. The van der Waals surface area contributed by atoms with E-state index in [0.717, 1.165) is 18.7 Å². The van der Waals surface area contributed by atoms with Gasteiger partial charge in [0.15, 0.2) is 0 Å². The summed E-state index contributed by atoms with van der Waals surface area (Å²) in [5, 5.41) is 3.42. The Morgan fingerprint density at radius 3 is 2.67 bits per heavy atom. The van der Waals surface area contributed by atoms with E-state index in [2.05, 4.69) is 60.5 Å². The van der Waals surface area contributed by atoms with Crippen LogP contribution in [0, 0.1) is 6.92 Å². The predicted molar refractivity (Wildman–Crippen MR) is 76.9 cm³/mol. The Hall–Kier alpha value is -1.83. The second-order valence-corrected chi connectivity index (χ2v) is 4.78. The maximum Gasteiger partial charge on any atom is 0.0529 e. The van der Waals surface area contributed by atoms with Gasteiger partial charge < -0.3 is 5.32 Å². The van der Waals surface area contributed by atoms with Crippen LogP contribution in [0.4, 0.5) is 5.69 Å². The first-order valence-corrected chi connectivity index (χ1v) is 6.46. The molecule has 18 heavy (non-hydrogen) atoms. The van der Waals surface area contributed by atoms with Crippen LogP contribution in [0.3, 0.4) is 0 Å². The van der Waals surface area contributed by atoms with Crippen LogP contribution in [0.5, 0.6) is 0 Å². The average Bonchev–Trinajstić information content (AvgIpc) is 2.40. The third kappa shape index (κ3) is 3.59. The van der Waals surface area contributed by atoms with Gasteiger partial charge in [0.1, 0.15) is 0 Å². The van der Waals surface area contributed by atoms with Gasteiger partial charge in [-0.25, -0.2) is 0 Å². The Morgan fingerprint density at radius 1 is 1.17 bits per heavy atom. The van der Waals surface area contributed by atoms with Crippen molar-refractivity contribution < 1.29 is 0 Å². The largest absolute Gasteiger partial charge is 0.384 e. The highest BCUT2D eigenvalue weighted by atomic mass is 14.9. The summed E-state index contributed by atoms with van der Waals surface area (Å²) in [6, 6.07) is 12.8. The zero-order valence-corrected chi connectivity index (χ0v) is 11.1. The zero-order chi connectivity index (χ0) is 12.8. The van der Waals surface area contributed by atoms with Crippen LogP contribution >= 0.6 is 0 Å². The summed E-state index contributed by atoms with van der Waals surface area (Å²) in [4.78, 5) is 4.18. The molecule has 0 fully saturated rings. The van der Waals surface area contributed by atoms with E-state index in [4.69, 9.17) is 0 Å². The first-order valence-electron chi connectivity index (χ1n) is 6.46. The molecule has 0 spiro atoms. The van der Waals surface area contributed by atoms with Gasteiger partial charge >= 0.3 is 0 Å². The molecule has 1 atom stereocenters. The van der Waals surface area contributed by atoms with Gasteiger partial charge in [0, 0.05) is 18.9 Å². The number of aromatic nitrogens is 1. The van der Waals surface area contributed by atoms with Gasteiger partial charge in [-0.2, -0.15) is 0 Å². The topological polar surface area (TPSA) is 24.9 Å². The molecule has 0 aliphatic carbocycles. The number of nitrogens with one attached hydrogen (secondary N) is 1. The lowest BCUT2D eigenvalue weighted by atomic mass is 9.98. The summed E-state index contributed by atoms with van der Waals surface area (Å²) in [6.45, 7) is 5.30. The van der Waals surface area contributed by atoms with Gasteiger partial charge in [-0.1, -0.05) is 37.3 Å². The van der Waals surface area contributed by atoms with Crippen molar-refractivity contribution >= 4 is 5.69 Å². The van der Waals surface area contributed by atoms with Crippen molar-refractivity contribution in [1.29, 1.82) is 0 Å². The molecule has 0 bridgehead atoms. The van der Waals surface area contributed by atoms with Crippen molar-refractivity contribution in [2.24, 2.45) is 0 Å². The first kappa shape index (κ1) is 12.6. The summed E-state index contributed by atoms with van der Waals surface area (Å²) >= 11 is 0. The van der Waals surface area contributed by atoms with Crippen molar-refractivity contribution in [3.05, 3.63) is 59.9 Å². The molecule has 0 aliphatic heterocycles. The number of hydrogen-bond donors (Lipinski definition) is 1. The minimum atomic E-state index is 0.580. The SMILES string of the molecule is Cc1cncc(NCCC(C)c2ccccc2)c1. The molecule has 1 N–H and O–H groups in total. The van der Waals surface area contributed by atoms with Crippen LogP contribution in [0.2, 0.25) is 0 Å². The Kier molecular flexibility index (Phi) is 4.35. The van der Waals surface area contributed by atoms with E-state index in [0.29, 0.717) is 5.92 Å². The Morgan fingerprint density at radius 2 is 1.94 bits per heavy atom. The summed E-state index contributed by atoms with van der Waals surface area (Å²) < 4.78 is 0. The van der Waals surface area contributed by atoms with E-state index < -0.39 is 0 Å². The molecule has 0 amide bonds. The molecule has 0 saturated heterocycles. The minimum absolute atomic E-state index is 0.580. The number of anilines is 1. The van der Waals surface area contributed by atoms with Crippen LogP contribution in [0.15, 0.2) is 48.8 Å². The lowest BCUT2D eigenvalue weighted by Gasteiger charge is -2.13. The molecule has 0 aliphatic rings. The summed E-state index contributed by atoms with van der Waals surface area (Å²) in [5.74, 6) is 0.580. The maximum atomic E-state index is 4.18. The lowest BCUT2D eigenvalue weighted by molar-refractivity contribution is 0.706. The number of hydrogen-bond acceptors (Lipinski definition) is 2. The number of pyridine rings is 1. The molecule has 1 aromatic carbocycles. The van der Waals surface area contributed by atoms with Gasteiger partial charge in [-0.05, 0) is 36.5 Å². The Bertz CT molecular complexity index is 479. The first-order chi connectivity index (χ1) is 8.75. The molecule has 2 heteroatoms. The third-order valence-electron chi connectivity index (χ3n) is 3.15. The van der Waals surface area contributed by atoms with Crippen LogP contribution in [0.25, 0.3) is 0 Å². The number of aryl methyl sites for hydroxylation is 1. The number of nitrogens with zero attached hydrogens (tertiary/aromatic N) is 1. The Labute approximate surface area is 109 Å². The third-order valence-corrected chi connectivity index (χ3v) is 3.15. The van der Waals surface area contributed by atoms with Crippen molar-refractivity contribution in [2.75, 3.05) is 11.9 Å². The van der Waals surface area contributed by atoms with E-state index in [1.54, 1.807) is 0 Å². The highest BCUT2D eigenvalue weighted by Gasteiger charge is 2.04. The fourth-order valence-corrected chi connectivity index (χ4v) is 2.03. The van der Waals surface area contributed by atoms with Gasteiger partial charge in [-0.3, -0.25) is 4.98 Å². The molecule has 1 aromatic heterocycles. The summed E-state index contributed by atoms with van der Waals surface area (Å²) in [5.41, 5.74) is 3.70. The highest BCUT2D eigenvalue weighted by molar-refractivity contribution is 5.42. The van der Waals surface area contributed by atoms with Crippen molar-refractivity contribution in [3.63, 3.8) is 0 Å². The van der Waals surface area contributed by atoms with E-state index in [1.807, 2.05) is 12.4 Å². The standard InChI is InChI=1S/C16H20N2/c1-13-10-16(12-17-11-13)18-9-8-14(2)15-6-4-3-5-7-15/h3-7,10-12,14,18H,8-9H2,1-2H3. The number of benzene rings is 1. The van der Waals surface area contributed by atoms with Gasteiger partial charge in [0.05, 0.1) is 5.69 Å². The van der Waals surface area contributed by atoms with Crippen LogP contribution < -0.4 is 5.32 Å². The van der Waals surface area contributed by atoms with Crippen LogP contribution in [-0.4, -0.2) is 11.5 Å². The van der Waals surface area contributed by atoms with E-state index in [-0.39, 0.29) is 0 Å². The normalized spacial score (nSPS) is 12.1. The molecule has 1 heterocycles. The summed E-state index contributed by atoms with van der Waals surface area (Å²) in [7, 11) is 0.